The molecule has 0 amide bonds. The van der Waals surface area contributed by atoms with Crippen LogP contribution in [0.4, 0.5) is 0 Å². The standard InChI is InChI=1S/C21H22N2O3.C3H4O4/c1-21(10-13-4-2-3-5-14(13)11-21)22-12-18(25)15-6-8-17(24)20-16(15)7-9-19(26)23-20;4-2(5)1-3(6)7/h2-9,18,22,24-25H,10-12H2,1H3,(H,23,26);1H2,(H,4,5)(H,6,7)/t18-;/m0./s1. The maximum absolute atomic E-state index is 11.5. The van der Waals surface area contributed by atoms with Crippen LogP contribution in [-0.4, -0.2) is 49.4 Å². The molecule has 0 spiro atoms. The maximum atomic E-state index is 11.5. The number of hydrogen-bond donors (Lipinski definition) is 6. The molecule has 1 aromatic heterocycles. The van der Waals surface area contributed by atoms with E-state index in [-0.39, 0.29) is 16.8 Å². The predicted molar refractivity (Wildman–Crippen MR) is 121 cm³/mol. The highest BCUT2D eigenvalue weighted by Gasteiger charge is 2.32. The SMILES string of the molecule is CC1(NC[C@H](O)c2ccc(O)c3[nH]c(=O)ccc23)Cc2ccccc2C1.O=C(O)CC(=O)O. The molecular weight excluding hydrogens is 428 g/mol. The summed E-state index contributed by atoms with van der Waals surface area (Å²) in [5, 5.41) is 40.3. The second-order valence-electron chi connectivity index (χ2n) is 8.33. The Morgan fingerprint density at radius 1 is 1.03 bits per heavy atom. The number of carbonyl (C=O) groups is 2. The molecule has 9 heteroatoms. The fraction of sp³-hybridized carbons (Fsp3) is 0.292. The van der Waals surface area contributed by atoms with Crippen molar-refractivity contribution in [1.82, 2.24) is 10.3 Å². The first-order chi connectivity index (χ1) is 15.6. The molecule has 0 fully saturated rings. The van der Waals surface area contributed by atoms with Gasteiger partial charge in [0.25, 0.3) is 0 Å². The lowest BCUT2D eigenvalue weighted by Crippen LogP contribution is -2.45. The number of aliphatic hydroxyl groups excluding tert-OH is 1. The van der Waals surface area contributed by atoms with E-state index >= 15 is 0 Å². The van der Waals surface area contributed by atoms with Crippen molar-refractivity contribution >= 4 is 22.8 Å². The van der Waals surface area contributed by atoms with Gasteiger partial charge in [0.1, 0.15) is 12.2 Å². The average Bonchev–Trinajstić information content (AvgIpc) is 3.08. The number of pyridine rings is 1. The van der Waals surface area contributed by atoms with E-state index in [1.54, 1.807) is 12.1 Å². The summed E-state index contributed by atoms with van der Waals surface area (Å²) in [7, 11) is 0. The lowest BCUT2D eigenvalue weighted by molar-refractivity contribution is -0.147. The van der Waals surface area contributed by atoms with Gasteiger partial charge in [0.2, 0.25) is 5.56 Å². The summed E-state index contributed by atoms with van der Waals surface area (Å²) in [6, 6.07) is 14.7. The Labute approximate surface area is 189 Å². The molecule has 0 aliphatic heterocycles. The Balaban J connectivity index is 0.000000383. The van der Waals surface area contributed by atoms with Crippen molar-refractivity contribution < 1.29 is 30.0 Å². The number of nitrogens with one attached hydrogen (secondary N) is 2. The summed E-state index contributed by atoms with van der Waals surface area (Å²) in [6.45, 7) is 2.57. The van der Waals surface area contributed by atoms with Crippen molar-refractivity contribution in [1.29, 1.82) is 0 Å². The second-order valence-corrected chi connectivity index (χ2v) is 8.33. The van der Waals surface area contributed by atoms with E-state index in [4.69, 9.17) is 10.2 Å². The van der Waals surface area contributed by atoms with E-state index in [0.29, 0.717) is 23.0 Å². The van der Waals surface area contributed by atoms with E-state index in [1.807, 2.05) is 0 Å². The second kappa shape index (κ2) is 9.85. The molecule has 33 heavy (non-hydrogen) atoms. The predicted octanol–water partition coefficient (Wildman–Crippen LogP) is 1.96. The molecule has 0 radical (unpaired) electrons. The van der Waals surface area contributed by atoms with Gasteiger partial charge in [-0.3, -0.25) is 14.4 Å². The lowest BCUT2D eigenvalue weighted by atomic mass is 9.97. The number of aromatic nitrogens is 1. The number of aromatic amines is 1. The summed E-state index contributed by atoms with van der Waals surface area (Å²) < 4.78 is 0. The lowest BCUT2D eigenvalue weighted by Gasteiger charge is -2.27. The van der Waals surface area contributed by atoms with Crippen LogP contribution in [0.5, 0.6) is 5.75 Å². The minimum absolute atomic E-state index is 0.000173. The Kier molecular flexibility index (Phi) is 7.15. The molecule has 0 saturated heterocycles. The molecule has 9 nitrogen and oxygen atoms in total. The molecule has 1 heterocycles. The summed E-state index contributed by atoms with van der Waals surface area (Å²) >= 11 is 0. The molecule has 4 rings (SSSR count). The monoisotopic (exact) mass is 454 g/mol. The average molecular weight is 454 g/mol. The summed E-state index contributed by atoms with van der Waals surface area (Å²) in [4.78, 5) is 33.0. The van der Waals surface area contributed by atoms with Crippen LogP contribution in [0.25, 0.3) is 10.9 Å². The Morgan fingerprint density at radius 3 is 2.18 bits per heavy atom. The van der Waals surface area contributed by atoms with Gasteiger partial charge in [0.05, 0.1) is 11.6 Å². The van der Waals surface area contributed by atoms with Gasteiger partial charge >= 0.3 is 11.9 Å². The zero-order chi connectivity index (χ0) is 24.2. The van der Waals surface area contributed by atoms with Crippen LogP contribution >= 0.6 is 0 Å². The normalized spacial score (nSPS) is 14.7. The highest BCUT2D eigenvalue weighted by Crippen LogP contribution is 2.31. The van der Waals surface area contributed by atoms with Crippen molar-refractivity contribution in [3.63, 3.8) is 0 Å². The van der Waals surface area contributed by atoms with E-state index in [0.717, 1.165) is 12.8 Å². The number of hydrogen-bond acceptors (Lipinski definition) is 6. The van der Waals surface area contributed by atoms with E-state index in [1.165, 1.54) is 23.3 Å². The Morgan fingerprint density at radius 2 is 1.64 bits per heavy atom. The molecule has 174 valence electrons. The number of rotatable bonds is 6. The molecule has 1 aliphatic carbocycles. The third-order valence-electron chi connectivity index (χ3n) is 5.57. The Bertz CT molecular complexity index is 1200. The maximum Gasteiger partial charge on any atom is 0.314 e. The molecule has 6 N–H and O–H groups in total. The van der Waals surface area contributed by atoms with Crippen molar-refractivity contribution in [2.24, 2.45) is 0 Å². The summed E-state index contributed by atoms with van der Waals surface area (Å²) in [5.41, 5.74) is 3.36. The van der Waals surface area contributed by atoms with Crippen molar-refractivity contribution in [2.75, 3.05) is 6.54 Å². The molecule has 2 aromatic carbocycles. The highest BCUT2D eigenvalue weighted by molar-refractivity contribution is 5.89. The van der Waals surface area contributed by atoms with Crippen molar-refractivity contribution in [3.05, 3.63) is 75.6 Å². The van der Waals surface area contributed by atoms with Crippen LogP contribution in [0.1, 0.15) is 36.1 Å². The molecule has 1 aliphatic rings. The number of carboxylic acids is 2. The van der Waals surface area contributed by atoms with Crippen LogP contribution in [0.15, 0.2) is 53.3 Å². The first-order valence-electron chi connectivity index (χ1n) is 10.4. The number of β-amino-alcohol motifs (C(OH)–C–C–N with tert-alkyl or cyclic N) is 1. The molecule has 0 bridgehead atoms. The number of aliphatic hydroxyl groups is 1. The van der Waals surface area contributed by atoms with Crippen LogP contribution < -0.4 is 10.9 Å². The van der Waals surface area contributed by atoms with Crippen molar-refractivity contribution in [2.45, 2.75) is 37.8 Å². The van der Waals surface area contributed by atoms with Gasteiger partial charge in [-0.1, -0.05) is 30.3 Å². The molecule has 0 unspecified atom stereocenters. The Hall–Kier alpha value is -3.69. The van der Waals surface area contributed by atoms with E-state index in [9.17, 15) is 24.6 Å². The molecule has 3 aromatic rings. The van der Waals surface area contributed by atoms with Gasteiger partial charge in [-0.05, 0) is 48.6 Å². The fourth-order valence-corrected chi connectivity index (χ4v) is 4.06. The third kappa shape index (κ3) is 5.97. The first kappa shape index (κ1) is 24.0. The molecule has 0 saturated carbocycles. The molecule has 1 atom stereocenters. The number of aromatic hydroxyl groups is 1. The van der Waals surface area contributed by atoms with Gasteiger partial charge < -0.3 is 30.7 Å². The van der Waals surface area contributed by atoms with E-state index < -0.39 is 24.5 Å². The zero-order valence-corrected chi connectivity index (χ0v) is 18.0. The van der Waals surface area contributed by atoms with Gasteiger partial charge in [0.15, 0.2) is 0 Å². The fourth-order valence-electron chi connectivity index (χ4n) is 4.06. The number of benzene rings is 2. The number of carboxylic acid groups (broad SMARTS) is 2. The van der Waals surface area contributed by atoms with Crippen molar-refractivity contribution in [3.8, 4) is 5.75 Å². The molecular formula is C24H26N2O7. The van der Waals surface area contributed by atoms with Gasteiger partial charge in [-0.15, -0.1) is 0 Å². The number of phenolic OH excluding ortho intramolecular Hbond substituents is 1. The minimum Gasteiger partial charge on any atom is -0.506 e. The largest absolute Gasteiger partial charge is 0.506 e. The topological polar surface area (TPSA) is 160 Å². The van der Waals surface area contributed by atoms with Crippen LogP contribution in [-0.2, 0) is 22.4 Å². The van der Waals surface area contributed by atoms with Gasteiger partial charge in [-0.25, -0.2) is 0 Å². The van der Waals surface area contributed by atoms with E-state index in [2.05, 4.69) is 41.5 Å². The van der Waals surface area contributed by atoms with Crippen LogP contribution in [0.3, 0.4) is 0 Å². The highest BCUT2D eigenvalue weighted by atomic mass is 16.4. The first-order valence-corrected chi connectivity index (χ1v) is 10.4. The summed E-state index contributed by atoms with van der Waals surface area (Å²) in [5.74, 6) is -2.63. The summed E-state index contributed by atoms with van der Waals surface area (Å²) in [6.07, 6.45) is 0.309. The quantitative estimate of drug-likeness (QED) is 0.308. The number of aliphatic carboxylic acids is 2. The van der Waals surface area contributed by atoms with Crippen LogP contribution in [0.2, 0.25) is 0 Å². The number of H-pyrrole nitrogens is 1. The number of phenols is 1. The van der Waals surface area contributed by atoms with Gasteiger partial charge in [0, 0.05) is 23.5 Å². The van der Waals surface area contributed by atoms with Gasteiger partial charge in [-0.2, -0.15) is 0 Å². The minimum atomic E-state index is -1.31. The van der Waals surface area contributed by atoms with Crippen LogP contribution in [0, 0.1) is 0 Å². The number of fused-ring (bicyclic) bond motifs is 2. The smallest absolute Gasteiger partial charge is 0.314 e. The third-order valence-corrected chi connectivity index (χ3v) is 5.57. The zero-order valence-electron chi connectivity index (χ0n) is 18.0.